The van der Waals surface area contributed by atoms with Crippen LogP contribution in [-0.4, -0.2) is 39.1 Å². The van der Waals surface area contributed by atoms with Crippen LogP contribution >= 0.6 is 0 Å². The second-order valence-corrected chi connectivity index (χ2v) is 3.53. The van der Waals surface area contributed by atoms with Gasteiger partial charge in [-0.2, -0.15) is 5.26 Å². The van der Waals surface area contributed by atoms with Gasteiger partial charge in [0, 0.05) is 18.3 Å². The minimum Gasteiger partial charge on any atom is -0.479 e. The van der Waals surface area contributed by atoms with Crippen molar-refractivity contribution in [1.82, 2.24) is 4.90 Å². The van der Waals surface area contributed by atoms with Crippen molar-refractivity contribution < 1.29 is 19.8 Å². The number of likely N-dealkylation sites (N-methyl/N-ethyl adjacent to an activating group) is 1. The first-order chi connectivity index (χ1) is 7.86. The van der Waals surface area contributed by atoms with Crippen LogP contribution in [0.3, 0.4) is 0 Å². The lowest BCUT2D eigenvalue weighted by molar-refractivity contribution is -0.165. The molecular weight excluding hydrogens is 224 g/mol. The molecule has 0 bridgehead atoms. The molecular formula is C11H16N2O4. The van der Waals surface area contributed by atoms with E-state index in [1.807, 2.05) is 6.07 Å². The summed E-state index contributed by atoms with van der Waals surface area (Å²) < 4.78 is 0. The Balaban J connectivity index is 5.66. The standard InChI is InChI=1S/C11H16N2O4/c1-4-11(9(14)15,10(16)17)13(5-2)7-8(3)6-12/h7H,4-5H2,1-3H3,(H,14,15)(H,16,17). The van der Waals surface area contributed by atoms with Gasteiger partial charge < -0.3 is 15.1 Å². The zero-order chi connectivity index (χ0) is 13.6. The molecule has 6 nitrogen and oxygen atoms in total. The number of allylic oxidation sites excluding steroid dienone is 1. The fourth-order valence-electron chi connectivity index (χ4n) is 1.58. The molecule has 0 aliphatic heterocycles. The Bertz CT molecular complexity index is 367. The molecule has 0 aromatic heterocycles. The molecule has 17 heavy (non-hydrogen) atoms. The highest BCUT2D eigenvalue weighted by Gasteiger charge is 2.49. The van der Waals surface area contributed by atoms with Crippen molar-refractivity contribution in [2.75, 3.05) is 6.54 Å². The third-order valence-electron chi connectivity index (χ3n) is 2.58. The smallest absolute Gasteiger partial charge is 0.341 e. The van der Waals surface area contributed by atoms with E-state index in [0.29, 0.717) is 0 Å². The zero-order valence-electron chi connectivity index (χ0n) is 10.1. The van der Waals surface area contributed by atoms with Crippen molar-refractivity contribution in [2.45, 2.75) is 32.7 Å². The minimum atomic E-state index is -2.02. The van der Waals surface area contributed by atoms with E-state index in [1.165, 1.54) is 20.0 Å². The Morgan fingerprint density at radius 1 is 1.35 bits per heavy atom. The quantitative estimate of drug-likeness (QED) is 0.531. The van der Waals surface area contributed by atoms with E-state index in [1.54, 1.807) is 6.92 Å². The van der Waals surface area contributed by atoms with Gasteiger partial charge in [0.15, 0.2) is 0 Å². The summed E-state index contributed by atoms with van der Waals surface area (Å²) in [5.41, 5.74) is -1.76. The maximum atomic E-state index is 11.2. The number of hydrogen-bond donors (Lipinski definition) is 2. The molecule has 0 aliphatic rings. The van der Waals surface area contributed by atoms with E-state index in [0.717, 1.165) is 4.90 Å². The van der Waals surface area contributed by atoms with Crippen molar-refractivity contribution in [2.24, 2.45) is 0 Å². The van der Waals surface area contributed by atoms with Crippen molar-refractivity contribution in [3.8, 4) is 6.07 Å². The first kappa shape index (κ1) is 15.0. The van der Waals surface area contributed by atoms with Gasteiger partial charge in [-0.05, 0) is 20.3 Å². The van der Waals surface area contributed by atoms with Gasteiger partial charge in [0.2, 0.25) is 5.54 Å². The van der Waals surface area contributed by atoms with Gasteiger partial charge in [0.25, 0.3) is 0 Å². The molecule has 0 rings (SSSR count). The van der Waals surface area contributed by atoms with Crippen LogP contribution in [0.1, 0.15) is 27.2 Å². The fraction of sp³-hybridized carbons (Fsp3) is 0.545. The lowest BCUT2D eigenvalue weighted by Gasteiger charge is -2.35. The number of carbonyl (C=O) groups is 2. The summed E-state index contributed by atoms with van der Waals surface area (Å²) in [6.45, 7) is 4.80. The molecule has 2 N–H and O–H groups in total. The maximum Gasteiger partial charge on any atom is 0.341 e. The van der Waals surface area contributed by atoms with Gasteiger partial charge in [-0.15, -0.1) is 0 Å². The number of rotatable bonds is 6. The Morgan fingerprint density at radius 2 is 1.82 bits per heavy atom. The van der Waals surface area contributed by atoms with Crippen LogP contribution in [0.15, 0.2) is 11.8 Å². The molecule has 0 spiro atoms. The van der Waals surface area contributed by atoms with E-state index in [2.05, 4.69) is 0 Å². The average Bonchev–Trinajstić information content (AvgIpc) is 2.27. The van der Waals surface area contributed by atoms with E-state index in [9.17, 15) is 9.59 Å². The number of aliphatic carboxylic acids is 2. The first-order valence-corrected chi connectivity index (χ1v) is 5.18. The Morgan fingerprint density at radius 3 is 2.06 bits per heavy atom. The highest BCUT2D eigenvalue weighted by molar-refractivity contribution is 6.03. The molecule has 6 heteroatoms. The number of nitriles is 1. The van der Waals surface area contributed by atoms with Crippen molar-refractivity contribution in [3.05, 3.63) is 11.8 Å². The van der Waals surface area contributed by atoms with Crippen molar-refractivity contribution >= 4 is 11.9 Å². The number of hydrogen-bond acceptors (Lipinski definition) is 4. The number of carboxylic acid groups (broad SMARTS) is 2. The van der Waals surface area contributed by atoms with Crippen LogP contribution in [0.4, 0.5) is 0 Å². The highest BCUT2D eigenvalue weighted by Crippen LogP contribution is 2.22. The SMILES string of the molecule is CCN(C=C(C)C#N)C(CC)(C(=O)O)C(=O)O. The molecule has 0 saturated carbocycles. The molecule has 0 amide bonds. The lowest BCUT2D eigenvalue weighted by atomic mass is 9.94. The van der Waals surface area contributed by atoms with Gasteiger partial charge in [0.05, 0.1) is 6.07 Å². The summed E-state index contributed by atoms with van der Waals surface area (Å²) in [6, 6.07) is 1.84. The fourth-order valence-corrected chi connectivity index (χ4v) is 1.58. The first-order valence-electron chi connectivity index (χ1n) is 5.18. The summed E-state index contributed by atoms with van der Waals surface area (Å²) in [5.74, 6) is -2.87. The molecule has 0 saturated heterocycles. The number of nitrogens with zero attached hydrogens (tertiary/aromatic N) is 2. The lowest BCUT2D eigenvalue weighted by Crippen LogP contribution is -2.58. The van der Waals surface area contributed by atoms with E-state index in [-0.39, 0.29) is 18.5 Å². The van der Waals surface area contributed by atoms with Gasteiger partial charge in [-0.1, -0.05) is 6.92 Å². The third-order valence-corrected chi connectivity index (χ3v) is 2.58. The molecule has 0 atom stereocenters. The Kier molecular flexibility index (Phi) is 5.19. The largest absolute Gasteiger partial charge is 0.479 e. The Labute approximate surface area is 99.8 Å². The summed E-state index contributed by atoms with van der Waals surface area (Å²) in [6.07, 6.45) is 1.17. The predicted octanol–water partition coefficient (Wildman–Crippen LogP) is 1.05. The molecule has 0 unspecified atom stereocenters. The molecule has 0 radical (unpaired) electrons. The van der Waals surface area contributed by atoms with Crippen molar-refractivity contribution in [1.29, 1.82) is 5.26 Å². The minimum absolute atomic E-state index is 0.0965. The maximum absolute atomic E-state index is 11.2. The van der Waals surface area contributed by atoms with Crippen LogP contribution in [-0.2, 0) is 9.59 Å². The number of carboxylic acids is 2. The van der Waals surface area contributed by atoms with Gasteiger partial charge in [0.1, 0.15) is 0 Å². The van der Waals surface area contributed by atoms with Crippen LogP contribution < -0.4 is 0 Å². The molecule has 0 aromatic rings. The summed E-state index contributed by atoms with van der Waals surface area (Å²) in [4.78, 5) is 23.6. The summed E-state index contributed by atoms with van der Waals surface area (Å²) >= 11 is 0. The summed E-state index contributed by atoms with van der Waals surface area (Å²) in [7, 11) is 0. The van der Waals surface area contributed by atoms with Crippen LogP contribution in [0.2, 0.25) is 0 Å². The molecule has 94 valence electrons. The third kappa shape index (κ3) is 2.75. The van der Waals surface area contributed by atoms with Crippen molar-refractivity contribution in [3.63, 3.8) is 0 Å². The average molecular weight is 240 g/mol. The Hall–Kier alpha value is -2.03. The zero-order valence-corrected chi connectivity index (χ0v) is 10.1. The van der Waals surface area contributed by atoms with E-state index < -0.39 is 17.5 Å². The monoisotopic (exact) mass is 240 g/mol. The normalized spacial score (nSPS) is 11.8. The predicted molar refractivity (Wildman–Crippen MR) is 60.0 cm³/mol. The van der Waals surface area contributed by atoms with Crippen LogP contribution in [0.25, 0.3) is 0 Å². The van der Waals surface area contributed by atoms with Gasteiger partial charge in [-0.3, -0.25) is 0 Å². The molecule has 0 heterocycles. The molecule has 0 fully saturated rings. The molecule has 0 aromatic carbocycles. The van der Waals surface area contributed by atoms with Gasteiger partial charge >= 0.3 is 11.9 Å². The van der Waals surface area contributed by atoms with Crippen LogP contribution in [0.5, 0.6) is 0 Å². The highest BCUT2D eigenvalue weighted by atomic mass is 16.4. The van der Waals surface area contributed by atoms with Gasteiger partial charge in [-0.25, -0.2) is 9.59 Å². The van der Waals surface area contributed by atoms with E-state index >= 15 is 0 Å². The second kappa shape index (κ2) is 5.89. The van der Waals surface area contributed by atoms with Crippen LogP contribution in [0, 0.1) is 11.3 Å². The molecule has 0 aliphatic carbocycles. The summed E-state index contributed by atoms with van der Waals surface area (Å²) in [5, 5.41) is 26.9. The second-order valence-electron chi connectivity index (χ2n) is 3.53. The van der Waals surface area contributed by atoms with E-state index in [4.69, 9.17) is 15.5 Å². The topological polar surface area (TPSA) is 102 Å².